The third-order valence-electron chi connectivity index (χ3n) is 3.45. The molecule has 0 aliphatic carbocycles. The van der Waals surface area contributed by atoms with Crippen molar-refractivity contribution in [3.63, 3.8) is 0 Å². The number of morpholine rings is 1. The van der Waals surface area contributed by atoms with Crippen molar-refractivity contribution < 1.29 is 14.3 Å². The third kappa shape index (κ3) is 4.45. The Balaban J connectivity index is 2.06. The molecule has 0 aromatic carbocycles. The van der Waals surface area contributed by atoms with Crippen molar-refractivity contribution in [2.75, 3.05) is 33.4 Å². The highest BCUT2D eigenvalue weighted by Gasteiger charge is 2.38. The van der Waals surface area contributed by atoms with Gasteiger partial charge in [0.05, 0.1) is 25.3 Å². The van der Waals surface area contributed by atoms with E-state index in [4.69, 9.17) is 15.2 Å². The Morgan fingerprint density at radius 1 is 1.62 bits per heavy atom. The van der Waals surface area contributed by atoms with E-state index in [-0.39, 0.29) is 12.3 Å². The molecule has 116 valence electrons. The van der Waals surface area contributed by atoms with E-state index in [0.717, 1.165) is 18.1 Å². The molecule has 1 aliphatic rings. The van der Waals surface area contributed by atoms with Crippen LogP contribution in [-0.4, -0.2) is 59.8 Å². The lowest BCUT2D eigenvalue weighted by atomic mass is 9.97. The number of nitrogens with two attached hydrogens (primary N) is 1. The molecule has 0 radical (unpaired) electrons. The number of ether oxygens (including phenoxy) is 2. The highest BCUT2D eigenvalue weighted by atomic mass is 16.5. The molecule has 2 N–H and O–H groups in total. The predicted octanol–water partition coefficient (Wildman–Crippen LogP) is -0.122. The molecule has 0 spiro atoms. The molecule has 0 unspecified atom stereocenters. The molecule has 7 nitrogen and oxygen atoms in total. The van der Waals surface area contributed by atoms with Crippen LogP contribution in [0.1, 0.15) is 17.9 Å². The fraction of sp³-hybridized carbons (Fsp3) is 0.643. The molecule has 1 atom stereocenters. The van der Waals surface area contributed by atoms with E-state index in [1.807, 2.05) is 13.0 Å². The van der Waals surface area contributed by atoms with Crippen LogP contribution < -0.4 is 5.73 Å². The molecule has 0 bridgehead atoms. The first-order chi connectivity index (χ1) is 10.0. The second-order valence-corrected chi connectivity index (χ2v) is 5.41. The van der Waals surface area contributed by atoms with Crippen molar-refractivity contribution in [3.05, 3.63) is 23.8 Å². The molecule has 2 rings (SSSR count). The van der Waals surface area contributed by atoms with Crippen molar-refractivity contribution in [3.8, 4) is 0 Å². The fourth-order valence-electron chi connectivity index (χ4n) is 2.71. The van der Waals surface area contributed by atoms with Gasteiger partial charge in [0.25, 0.3) is 0 Å². The lowest BCUT2D eigenvalue weighted by molar-refractivity contribution is -0.154. The van der Waals surface area contributed by atoms with Crippen molar-refractivity contribution >= 4 is 5.91 Å². The molecular formula is C14H22N4O3. The summed E-state index contributed by atoms with van der Waals surface area (Å²) in [5.74, 6) is 0.368. The van der Waals surface area contributed by atoms with Crippen LogP contribution in [0.5, 0.6) is 0 Å². The topological polar surface area (TPSA) is 90.6 Å². The summed E-state index contributed by atoms with van der Waals surface area (Å²) >= 11 is 0. The highest BCUT2D eigenvalue weighted by Crippen LogP contribution is 2.23. The second kappa shape index (κ2) is 6.93. The number of aryl methyl sites for hydroxylation is 1. The van der Waals surface area contributed by atoms with Crippen molar-refractivity contribution in [2.45, 2.75) is 25.5 Å². The maximum absolute atomic E-state index is 11.3. The van der Waals surface area contributed by atoms with Crippen LogP contribution in [-0.2, 0) is 20.8 Å². The molecule has 21 heavy (non-hydrogen) atoms. The van der Waals surface area contributed by atoms with E-state index in [2.05, 4.69) is 14.9 Å². The molecule has 1 aromatic rings. The predicted molar refractivity (Wildman–Crippen MR) is 76.4 cm³/mol. The molecule has 1 aliphatic heterocycles. The monoisotopic (exact) mass is 294 g/mol. The number of carbonyl (C=O) groups is 1. The van der Waals surface area contributed by atoms with Crippen LogP contribution in [0.4, 0.5) is 0 Å². The van der Waals surface area contributed by atoms with Gasteiger partial charge in [-0.1, -0.05) is 0 Å². The molecule has 2 heterocycles. The first-order valence-electron chi connectivity index (χ1n) is 6.95. The molecule has 0 saturated carbocycles. The Labute approximate surface area is 124 Å². The number of rotatable bonds is 6. The van der Waals surface area contributed by atoms with Gasteiger partial charge in [0.2, 0.25) is 5.91 Å². The average molecular weight is 294 g/mol. The zero-order valence-electron chi connectivity index (χ0n) is 12.5. The summed E-state index contributed by atoms with van der Waals surface area (Å²) in [5.41, 5.74) is 5.63. The normalized spacial score (nSPS) is 23.1. The lowest BCUT2D eigenvalue weighted by Gasteiger charge is -2.41. The van der Waals surface area contributed by atoms with Crippen LogP contribution >= 0.6 is 0 Å². The van der Waals surface area contributed by atoms with Crippen LogP contribution in [0.2, 0.25) is 0 Å². The first-order valence-corrected chi connectivity index (χ1v) is 6.95. The summed E-state index contributed by atoms with van der Waals surface area (Å²) in [6.45, 7) is 4.82. The van der Waals surface area contributed by atoms with Gasteiger partial charge in [-0.25, -0.2) is 9.97 Å². The number of hydrogen-bond donors (Lipinski definition) is 1. The second-order valence-electron chi connectivity index (χ2n) is 5.41. The van der Waals surface area contributed by atoms with Crippen LogP contribution in [0, 0.1) is 6.92 Å². The molecule has 7 heteroatoms. The Morgan fingerprint density at radius 3 is 3.10 bits per heavy atom. The number of primary amides is 1. The van der Waals surface area contributed by atoms with Gasteiger partial charge in [-0.05, 0) is 13.0 Å². The summed E-state index contributed by atoms with van der Waals surface area (Å²) in [6.07, 6.45) is 1.91. The van der Waals surface area contributed by atoms with Gasteiger partial charge in [-0.3, -0.25) is 9.69 Å². The SMILES string of the molecule is COC[C@]1(CC(N)=O)CN(Cc2ccnc(C)n2)CCO1. The summed E-state index contributed by atoms with van der Waals surface area (Å²) in [6, 6.07) is 1.90. The molecule has 1 aromatic heterocycles. The molecule has 1 saturated heterocycles. The van der Waals surface area contributed by atoms with E-state index in [0.29, 0.717) is 26.3 Å². The number of hydrogen-bond acceptors (Lipinski definition) is 6. The van der Waals surface area contributed by atoms with E-state index in [9.17, 15) is 4.79 Å². The highest BCUT2D eigenvalue weighted by molar-refractivity contribution is 5.75. The fourth-order valence-corrected chi connectivity index (χ4v) is 2.71. The molecule has 1 fully saturated rings. The van der Waals surface area contributed by atoms with E-state index < -0.39 is 5.60 Å². The Kier molecular flexibility index (Phi) is 5.22. The van der Waals surface area contributed by atoms with Gasteiger partial charge in [-0.2, -0.15) is 0 Å². The lowest BCUT2D eigenvalue weighted by Crippen LogP contribution is -2.55. The van der Waals surface area contributed by atoms with Gasteiger partial charge in [0.1, 0.15) is 11.4 Å². The number of nitrogens with zero attached hydrogens (tertiary/aromatic N) is 3. The minimum Gasteiger partial charge on any atom is -0.382 e. The van der Waals surface area contributed by atoms with E-state index in [1.165, 1.54) is 0 Å². The van der Waals surface area contributed by atoms with Gasteiger partial charge >= 0.3 is 0 Å². The summed E-state index contributed by atoms with van der Waals surface area (Å²) < 4.78 is 11.0. The third-order valence-corrected chi connectivity index (χ3v) is 3.45. The van der Waals surface area contributed by atoms with Crippen molar-refractivity contribution in [2.24, 2.45) is 5.73 Å². The van der Waals surface area contributed by atoms with Gasteiger partial charge in [0.15, 0.2) is 0 Å². The average Bonchev–Trinajstić information content (AvgIpc) is 2.38. The standard InChI is InChI=1S/C14H22N4O3/c1-11-16-4-3-12(17-11)8-18-5-6-21-14(9-18,10-20-2)7-13(15)19/h3-4H,5-10H2,1-2H3,(H2,15,19)/t14-/m0/s1. The number of amides is 1. The van der Waals surface area contributed by atoms with Crippen LogP contribution in [0.3, 0.4) is 0 Å². The summed E-state index contributed by atoms with van der Waals surface area (Å²) in [7, 11) is 1.60. The molecular weight excluding hydrogens is 272 g/mol. The smallest absolute Gasteiger partial charge is 0.220 e. The number of aromatic nitrogens is 2. The Bertz CT molecular complexity index is 493. The maximum atomic E-state index is 11.3. The quantitative estimate of drug-likeness (QED) is 0.786. The summed E-state index contributed by atoms with van der Waals surface area (Å²) in [5, 5.41) is 0. The van der Waals surface area contributed by atoms with Gasteiger partial charge < -0.3 is 15.2 Å². The minimum atomic E-state index is -0.666. The number of methoxy groups -OCH3 is 1. The maximum Gasteiger partial charge on any atom is 0.220 e. The largest absolute Gasteiger partial charge is 0.382 e. The first kappa shape index (κ1) is 15.8. The van der Waals surface area contributed by atoms with Gasteiger partial charge in [-0.15, -0.1) is 0 Å². The van der Waals surface area contributed by atoms with E-state index >= 15 is 0 Å². The van der Waals surface area contributed by atoms with Crippen LogP contribution in [0.25, 0.3) is 0 Å². The Morgan fingerprint density at radius 2 is 2.43 bits per heavy atom. The Hall–Kier alpha value is -1.57. The van der Waals surface area contributed by atoms with Crippen molar-refractivity contribution in [1.82, 2.24) is 14.9 Å². The zero-order chi connectivity index (χ0) is 15.3. The minimum absolute atomic E-state index is 0.153. The van der Waals surface area contributed by atoms with Gasteiger partial charge in [0, 0.05) is 32.9 Å². The molecule has 1 amide bonds. The number of carbonyl (C=O) groups excluding carboxylic acids is 1. The van der Waals surface area contributed by atoms with Crippen LogP contribution in [0.15, 0.2) is 12.3 Å². The van der Waals surface area contributed by atoms with Crippen molar-refractivity contribution in [1.29, 1.82) is 0 Å². The van der Waals surface area contributed by atoms with E-state index in [1.54, 1.807) is 13.3 Å². The summed E-state index contributed by atoms with van der Waals surface area (Å²) in [4.78, 5) is 22.0. The zero-order valence-corrected chi connectivity index (χ0v) is 12.5.